The van der Waals surface area contributed by atoms with Gasteiger partial charge in [0, 0.05) is 24.8 Å². The summed E-state index contributed by atoms with van der Waals surface area (Å²) in [4.78, 5) is 35.5. The van der Waals surface area contributed by atoms with Crippen molar-refractivity contribution in [2.24, 2.45) is 5.16 Å². The molecule has 0 saturated carbocycles. The number of fused-ring (bicyclic) bond motifs is 1. The number of oxime groups is 1. The quantitative estimate of drug-likeness (QED) is 0.277. The summed E-state index contributed by atoms with van der Waals surface area (Å²) in [7, 11) is 0. The highest BCUT2D eigenvalue weighted by molar-refractivity contribution is 6.04. The lowest BCUT2D eigenvalue weighted by atomic mass is 9.87. The van der Waals surface area contributed by atoms with Gasteiger partial charge in [-0.25, -0.2) is 13.8 Å². The molecule has 0 bridgehead atoms. The van der Waals surface area contributed by atoms with Crippen LogP contribution in [0.1, 0.15) is 62.6 Å². The van der Waals surface area contributed by atoms with Crippen molar-refractivity contribution in [2.45, 2.75) is 57.7 Å². The Balaban J connectivity index is 1.47. The van der Waals surface area contributed by atoms with Gasteiger partial charge in [-0.15, -0.1) is 0 Å². The summed E-state index contributed by atoms with van der Waals surface area (Å²) in [5.41, 5.74) is 1.41. The van der Waals surface area contributed by atoms with Crippen molar-refractivity contribution in [3.63, 3.8) is 0 Å². The topological polar surface area (TPSA) is 93.8 Å². The van der Waals surface area contributed by atoms with Crippen LogP contribution in [0.2, 0.25) is 0 Å². The zero-order valence-corrected chi connectivity index (χ0v) is 22.2. The number of benzene rings is 3. The van der Waals surface area contributed by atoms with Crippen molar-refractivity contribution in [2.75, 3.05) is 0 Å². The Morgan fingerprint density at radius 3 is 2.40 bits per heavy atom. The van der Waals surface area contributed by atoms with Crippen molar-refractivity contribution in [3.05, 3.63) is 106 Å². The third-order valence-corrected chi connectivity index (χ3v) is 7.18. The van der Waals surface area contributed by atoms with Crippen molar-refractivity contribution in [3.8, 4) is 5.69 Å². The third-order valence-electron chi connectivity index (χ3n) is 7.18. The molecule has 1 N–H and O–H groups in total. The summed E-state index contributed by atoms with van der Waals surface area (Å²) >= 11 is 0. The third kappa shape index (κ3) is 5.56. The van der Waals surface area contributed by atoms with Crippen LogP contribution in [0, 0.1) is 11.6 Å². The fraction of sp³-hybridized carbons (Fsp3) is 0.290. The second-order valence-electron chi connectivity index (χ2n) is 10.4. The first-order chi connectivity index (χ1) is 19.1. The van der Waals surface area contributed by atoms with Gasteiger partial charge in [-0.05, 0) is 80.8 Å². The van der Waals surface area contributed by atoms with Gasteiger partial charge >= 0.3 is 0 Å². The molecular weight excluding hydrogens is 516 g/mol. The number of carbonyl (C=O) groups excluding carboxylic acids is 1. The number of aliphatic hydroxyl groups excluding tert-OH is 1. The van der Waals surface area contributed by atoms with Crippen LogP contribution in [0.25, 0.3) is 16.6 Å². The number of nitrogens with zero attached hydrogens (tertiary/aromatic N) is 3. The molecule has 0 fully saturated rings. The highest BCUT2D eigenvalue weighted by Crippen LogP contribution is 2.38. The van der Waals surface area contributed by atoms with E-state index in [0.29, 0.717) is 64.9 Å². The van der Waals surface area contributed by atoms with Crippen LogP contribution in [-0.2, 0) is 16.1 Å². The average molecular weight is 546 g/mol. The monoisotopic (exact) mass is 545 g/mol. The number of ketones is 1. The van der Waals surface area contributed by atoms with Gasteiger partial charge in [-0.2, -0.15) is 0 Å². The molecule has 0 unspecified atom stereocenters. The number of aryl methyl sites for hydroxylation is 1. The van der Waals surface area contributed by atoms with Crippen molar-refractivity contribution in [1.82, 2.24) is 9.55 Å². The van der Waals surface area contributed by atoms with Gasteiger partial charge in [0.25, 0.3) is 5.56 Å². The summed E-state index contributed by atoms with van der Waals surface area (Å²) in [6.07, 6.45) is 1.44. The van der Waals surface area contributed by atoms with Crippen LogP contribution in [0.4, 0.5) is 8.78 Å². The van der Waals surface area contributed by atoms with E-state index in [9.17, 15) is 23.5 Å². The average Bonchev–Trinajstić information content (AvgIpc) is 3.35. The van der Waals surface area contributed by atoms with E-state index in [0.717, 1.165) is 0 Å². The summed E-state index contributed by atoms with van der Waals surface area (Å²) in [5.74, 6) is -0.200. The number of aliphatic hydroxyl groups is 1. The molecule has 206 valence electrons. The Bertz CT molecular complexity index is 1650. The minimum Gasteiger partial charge on any atom is -0.386 e. The van der Waals surface area contributed by atoms with Crippen LogP contribution >= 0.6 is 0 Å². The second-order valence-corrected chi connectivity index (χ2v) is 10.4. The zero-order valence-electron chi connectivity index (χ0n) is 22.2. The van der Waals surface area contributed by atoms with E-state index in [1.54, 1.807) is 32.0 Å². The highest BCUT2D eigenvalue weighted by Gasteiger charge is 2.42. The number of carbonyl (C=O) groups is 1. The zero-order chi connectivity index (χ0) is 28.4. The van der Waals surface area contributed by atoms with Crippen molar-refractivity contribution >= 4 is 22.4 Å². The summed E-state index contributed by atoms with van der Waals surface area (Å²) in [5, 5.41) is 15.6. The first kappa shape index (κ1) is 27.3. The number of halogens is 2. The number of hydrogen-bond donors (Lipinski definition) is 1. The van der Waals surface area contributed by atoms with E-state index in [1.165, 1.54) is 53.1 Å². The molecule has 5 rings (SSSR count). The van der Waals surface area contributed by atoms with Crippen LogP contribution < -0.4 is 5.56 Å². The predicted octanol–water partition coefficient (Wildman–Crippen LogP) is 5.58. The maximum atomic E-state index is 13.6. The molecule has 0 amide bonds. The predicted molar refractivity (Wildman–Crippen MR) is 148 cm³/mol. The smallest absolute Gasteiger partial charge is 0.265 e. The van der Waals surface area contributed by atoms with Crippen molar-refractivity contribution < 1.29 is 23.5 Å². The summed E-state index contributed by atoms with van der Waals surface area (Å²) in [6, 6.07) is 16.4. The number of Topliss-reactive ketones (excluding diaryl/α,β-unsaturated/α-hetero) is 1. The molecule has 0 spiro atoms. The first-order valence-electron chi connectivity index (χ1n) is 13.1. The molecule has 4 aromatic rings. The van der Waals surface area contributed by atoms with Crippen LogP contribution in [-0.4, -0.2) is 31.8 Å². The van der Waals surface area contributed by atoms with Crippen LogP contribution in [0.3, 0.4) is 0 Å². The minimum atomic E-state index is -1.07. The SMILES string of the molecule is CC(=O)CCCCc1nc2cc(C3=NO[C@@](C)([C@@H](O)c4ccc(F)cc4)C3)ccc2c(=O)n1-c1ccc(F)cc1. The fourth-order valence-corrected chi connectivity index (χ4v) is 4.95. The number of aromatic nitrogens is 2. The number of hydrogen-bond acceptors (Lipinski definition) is 6. The Kier molecular flexibility index (Phi) is 7.58. The lowest BCUT2D eigenvalue weighted by molar-refractivity contribution is -0.117. The van der Waals surface area contributed by atoms with Crippen molar-refractivity contribution in [1.29, 1.82) is 0 Å². The molecule has 0 aliphatic carbocycles. The normalized spacial score (nSPS) is 17.5. The van der Waals surface area contributed by atoms with Gasteiger partial charge in [0.05, 0.1) is 22.3 Å². The maximum Gasteiger partial charge on any atom is 0.265 e. The summed E-state index contributed by atoms with van der Waals surface area (Å²) in [6.45, 7) is 3.28. The van der Waals surface area contributed by atoms with E-state index in [-0.39, 0.29) is 17.8 Å². The minimum absolute atomic E-state index is 0.100. The van der Waals surface area contributed by atoms with Gasteiger partial charge in [0.1, 0.15) is 29.3 Å². The Morgan fingerprint density at radius 2 is 1.73 bits per heavy atom. The maximum absolute atomic E-state index is 13.6. The molecule has 0 radical (unpaired) electrons. The lowest BCUT2D eigenvalue weighted by Gasteiger charge is -2.27. The molecule has 1 aliphatic rings. The van der Waals surface area contributed by atoms with Gasteiger partial charge in [0.15, 0.2) is 5.60 Å². The van der Waals surface area contributed by atoms with Gasteiger partial charge in [0.2, 0.25) is 0 Å². The van der Waals surface area contributed by atoms with E-state index < -0.39 is 23.3 Å². The second kappa shape index (κ2) is 11.1. The molecule has 1 aromatic heterocycles. The largest absolute Gasteiger partial charge is 0.386 e. The number of unbranched alkanes of at least 4 members (excludes halogenated alkanes) is 1. The van der Waals surface area contributed by atoms with E-state index >= 15 is 0 Å². The summed E-state index contributed by atoms with van der Waals surface area (Å²) < 4.78 is 28.4. The standard InChI is InChI=1S/C31H29F2N3O4/c1-19(37)5-3-4-6-28-34-26-17-21(9-16-25(26)30(39)36(28)24-14-12-23(33)13-15-24)27-18-31(2,40-35-27)29(38)20-7-10-22(32)11-8-20/h7-17,29,38H,3-6,18H2,1-2H3/t29-,31+/m0/s1. The van der Waals surface area contributed by atoms with Crippen LogP contribution in [0.5, 0.6) is 0 Å². The van der Waals surface area contributed by atoms with Crippen LogP contribution in [0.15, 0.2) is 76.7 Å². The Labute approximate surface area is 229 Å². The van der Waals surface area contributed by atoms with Gasteiger partial charge < -0.3 is 14.7 Å². The molecule has 9 heteroatoms. The highest BCUT2D eigenvalue weighted by atomic mass is 19.1. The Hall–Kier alpha value is -4.24. The van der Waals surface area contributed by atoms with Gasteiger partial charge in [-0.3, -0.25) is 9.36 Å². The molecular formula is C31H29F2N3O4. The molecule has 7 nitrogen and oxygen atoms in total. The lowest BCUT2D eigenvalue weighted by Crippen LogP contribution is -2.33. The molecule has 0 saturated heterocycles. The molecule has 3 aromatic carbocycles. The molecule has 1 aliphatic heterocycles. The first-order valence-corrected chi connectivity index (χ1v) is 13.1. The fourth-order valence-electron chi connectivity index (χ4n) is 4.95. The van der Waals surface area contributed by atoms with E-state index in [1.807, 2.05) is 0 Å². The Morgan fingerprint density at radius 1 is 1.05 bits per heavy atom. The number of rotatable bonds is 9. The van der Waals surface area contributed by atoms with E-state index in [2.05, 4.69) is 5.16 Å². The van der Waals surface area contributed by atoms with E-state index in [4.69, 9.17) is 9.82 Å². The molecule has 2 atom stereocenters. The molecule has 2 heterocycles. The van der Waals surface area contributed by atoms with Gasteiger partial charge in [-0.1, -0.05) is 23.4 Å². The molecule has 40 heavy (non-hydrogen) atoms.